The van der Waals surface area contributed by atoms with Gasteiger partial charge in [0.2, 0.25) is 5.95 Å². The number of hydrogen-bond acceptors (Lipinski definition) is 6. The van der Waals surface area contributed by atoms with Gasteiger partial charge in [0.05, 0.1) is 0 Å². The summed E-state index contributed by atoms with van der Waals surface area (Å²) in [6.07, 6.45) is 0. The summed E-state index contributed by atoms with van der Waals surface area (Å²) in [5.74, 6) is 2.74. The molecule has 0 bridgehead atoms. The molecule has 0 radical (unpaired) electrons. The lowest BCUT2D eigenvalue weighted by molar-refractivity contribution is 0.174. The maximum absolute atomic E-state index is 9.25. The van der Waals surface area contributed by atoms with Crippen LogP contribution in [0.25, 0.3) is 0 Å². The van der Waals surface area contributed by atoms with Crippen LogP contribution in [0, 0.1) is 5.41 Å². The van der Waals surface area contributed by atoms with E-state index < -0.39 is 0 Å². The SMILES string of the molecule is N=c1cc(N2CCSCC2)nc(N)n1O. The van der Waals surface area contributed by atoms with Gasteiger partial charge in [0.1, 0.15) is 5.82 Å². The molecule has 15 heavy (non-hydrogen) atoms. The number of rotatable bonds is 1. The van der Waals surface area contributed by atoms with Gasteiger partial charge in [-0.05, 0) is 0 Å². The van der Waals surface area contributed by atoms with E-state index in [2.05, 4.69) is 9.88 Å². The lowest BCUT2D eigenvalue weighted by atomic mass is 10.4. The Labute approximate surface area is 91.2 Å². The van der Waals surface area contributed by atoms with Gasteiger partial charge in [-0.15, -0.1) is 4.73 Å². The predicted molar refractivity (Wildman–Crippen MR) is 59.2 cm³/mol. The second-order valence-electron chi connectivity index (χ2n) is 3.27. The van der Waals surface area contributed by atoms with Crippen LogP contribution in [0.4, 0.5) is 11.8 Å². The first-order valence-corrected chi connectivity index (χ1v) is 5.80. The van der Waals surface area contributed by atoms with Crippen molar-refractivity contribution in [2.75, 3.05) is 35.2 Å². The van der Waals surface area contributed by atoms with Crippen molar-refractivity contribution in [3.63, 3.8) is 0 Å². The van der Waals surface area contributed by atoms with Gasteiger partial charge < -0.3 is 15.8 Å². The fourth-order valence-corrected chi connectivity index (χ4v) is 2.36. The molecule has 1 aromatic heterocycles. The highest BCUT2D eigenvalue weighted by Crippen LogP contribution is 2.16. The Bertz CT molecular complexity index is 412. The van der Waals surface area contributed by atoms with E-state index in [1.54, 1.807) is 0 Å². The summed E-state index contributed by atoms with van der Waals surface area (Å²) >= 11 is 1.90. The van der Waals surface area contributed by atoms with Crippen molar-refractivity contribution in [3.05, 3.63) is 11.6 Å². The van der Waals surface area contributed by atoms with E-state index in [0.717, 1.165) is 24.6 Å². The summed E-state index contributed by atoms with van der Waals surface area (Å²) in [5.41, 5.74) is 5.43. The van der Waals surface area contributed by atoms with Crippen LogP contribution in [-0.4, -0.2) is 39.5 Å². The van der Waals surface area contributed by atoms with Crippen LogP contribution in [0.15, 0.2) is 6.07 Å². The Morgan fingerprint density at radius 1 is 1.47 bits per heavy atom. The monoisotopic (exact) mass is 227 g/mol. The van der Waals surface area contributed by atoms with Crippen LogP contribution in [0.5, 0.6) is 0 Å². The Balaban J connectivity index is 2.32. The number of nitrogens with one attached hydrogen (secondary N) is 1. The van der Waals surface area contributed by atoms with E-state index in [9.17, 15) is 5.21 Å². The molecular formula is C8H13N5OS. The van der Waals surface area contributed by atoms with Crippen LogP contribution in [0.2, 0.25) is 0 Å². The number of thioether (sulfide) groups is 1. The van der Waals surface area contributed by atoms with Gasteiger partial charge in [-0.3, -0.25) is 5.41 Å². The minimum absolute atomic E-state index is 0.0456. The lowest BCUT2D eigenvalue weighted by Gasteiger charge is -2.27. The third-order valence-corrected chi connectivity index (χ3v) is 3.22. The quantitative estimate of drug-likeness (QED) is 0.575. The fraction of sp³-hybridized carbons (Fsp3) is 0.500. The number of nitrogens with zero attached hydrogens (tertiary/aromatic N) is 3. The molecular weight excluding hydrogens is 214 g/mol. The zero-order valence-electron chi connectivity index (χ0n) is 8.18. The molecule has 0 unspecified atom stereocenters. The zero-order valence-corrected chi connectivity index (χ0v) is 9.00. The topological polar surface area (TPSA) is 91.2 Å². The maximum atomic E-state index is 9.25. The highest BCUT2D eigenvalue weighted by atomic mass is 32.2. The molecule has 6 nitrogen and oxygen atoms in total. The van der Waals surface area contributed by atoms with Crippen LogP contribution < -0.4 is 16.1 Å². The number of anilines is 2. The van der Waals surface area contributed by atoms with Crippen molar-refractivity contribution in [1.29, 1.82) is 5.41 Å². The van der Waals surface area contributed by atoms with Crippen molar-refractivity contribution >= 4 is 23.5 Å². The third-order valence-electron chi connectivity index (χ3n) is 2.28. The number of nitrogens with two attached hydrogens (primary N) is 1. The molecule has 1 aliphatic heterocycles. The van der Waals surface area contributed by atoms with Crippen molar-refractivity contribution in [3.8, 4) is 0 Å². The van der Waals surface area contributed by atoms with E-state index >= 15 is 0 Å². The molecule has 0 aromatic carbocycles. The fourth-order valence-electron chi connectivity index (χ4n) is 1.46. The van der Waals surface area contributed by atoms with E-state index in [1.807, 2.05) is 11.8 Å². The molecule has 1 aromatic rings. The minimum Gasteiger partial charge on any atom is -0.423 e. The summed E-state index contributed by atoms with van der Waals surface area (Å²) in [6, 6.07) is 1.52. The molecule has 0 atom stereocenters. The Hall–Kier alpha value is -1.37. The van der Waals surface area contributed by atoms with E-state index in [-0.39, 0.29) is 11.4 Å². The first kappa shape index (κ1) is 10.2. The lowest BCUT2D eigenvalue weighted by Crippen LogP contribution is -2.35. The normalized spacial score (nSPS) is 16.7. The molecule has 0 aliphatic carbocycles. The predicted octanol–water partition coefficient (Wildman–Crippen LogP) is -0.265. The highest BCUT2D eigenvalue weighted by molar-refractivity contribution is 7.99. The van der Waals surface area contributed by atoms with Crippen molar-refractivity contribution in [2.24, 2.45) is 0 Å². The molecule has 0 amide bonds. The summed E-state index contributed by atoms with van der Waals surface area (Å²) in [5, 5.41) is 16.7. The largest absolute Gasteiger partial charge is 0.423 e. The average molecular weight is 227 g/mol. The van der Waals surface area contributed by atoms with Gasteiger partial charge in [-0.1, -0.05) is 0 Å². The summed E-state index contributed by atoms with van der Waals surface area (Å²) < 4.78 is 0.572. The molecule has 0 saturated carbocycles. The van der Waals surface area contributed by atoms with Gasteiger partial charge in [0.15, 0.2) is 5.49 Å². The first-order valence-electron chi connectivity index (χ1n) is 4.64. The van der Waals surface area contributed by atoms with Crippen LogP contribution in [0.1, 0.15) is 0 Å². The molecule has 7 heteroatoms. The number of aromatic nitrogens is 2. The molecule has 4 N–H and O–H groups in total. The molecule has 2 rings (SSSR count). The molecule has 0 spiro atoms. The first-order chi connectivity index (χ1) is 7.18. The molecule has 82 valence electrons. The van der Waals surface area contributed by atoms with Crippen LogP contribution in [0.3, 0.4) is 0 Å². The maximum Gasteiger partial charge on any atom is 0.238 e. The highest BCUT2D eigenvalue weighted by Gasteiger charge is 2.13. The summed E-state index contributed by atoms with van der Waals surface area (Å²) in [4.78, 5) is 6.12. The molecule has 1 fully saturated rings. The minimum atomic E-state index is -0.0456. The van der Waals surface area contributed by atoms with E-state index in [1.165, 1.54) is 6.07 Å². The van der Waals surface area contributed by atoms with Gasteiger partial charge in [0.25, 0.3) is 0 Å². The standard InChI is InChI=1S/C8H13N5OS/c9-6-5-7(11-8(10)13(6)14)12-1-3-15-4-2-12/h5,9,14H,1-4H2,(H2,10,11). The van der Waals surface area contributed by atoms with Crippen LogP contribution in [-0.2, 0) is 0 Å². The Morgan fingerprint density at radius 3 is 2.73 bits per heavy atom. The second kappa shape index (κ2) is 4.01. The number of hydrogen-bond donors (Lipinski definition) is 3. The molecule has 1 saturated heterocycles. The van der Waals surface area contributed by atoms with Gasteiger partial charge in [0, 0.05) is 30.7 Å². The van der Waals surface area contributed by atoms with Crippen LogP contribution >= 0.6 is 11.8 Å². The number of nitrogen functional groups attached to an aromatic ring is 1. The van der Waals surface area contributed by atoms with Gasteiger partial charge in [-0.25, -0.2) is 0 Å². The Kier molecular flexibility index (Phi) is 2.72. The zero-order chi connectivity index (χ0) is 10.8. The molecule has 2 heterocycles. The van der Waals surface area contributed by atoms with Gasteiger partial charge >= 0.3 is 0 Å². The smallest absolute Gasteiger partial charge is 0.238 e. The third kappa shape index (κ3) is 2.01. The van der Waals surface area contributed by atoms with E-state index in [0.29, 0.717) is 10.5 Å². The second-order valence-corrected chi connectivity index (χ2v) is 4.49. The summed E-state index contributed by atoms with van der Waals surface area (Å²) in [6.45, 7) is 1.82. The van der Waals surface area contributed by atoms with Crippen molar-refractivity contribution < 1.29 is 5.21 Å². The van der Waals surface area contributed by atoms with Crippen molar-refractivity contribution in [1.82, 2.24) is 9.71 Å². The van der Waals surface area contributed by atoms with E-state index in [4.69, 9.17) is 11.1 Å². The average Bonchev–Trinajstić information content (AvgIpc) is 2.26. The van der Waals surface area contributed by atoms with Gasteiger partial charge in [-0.2, -0.15) is 16.7 Å². The van der Waals surface area contributed by atoms with Crippen molar-refractivity contribution in [2.45, 2.75) is 0 Å². The molecule has 1 aliphatic rings. The Morgan fingerprint density at radius 2 is 2.13 bits per heavy atom. The summed E-state index contributed by atoms with van der Waals surface area (Å²) in [7, 11) is 0.